The fourth-order valence-corrected chi connectivity index (χ4v) is 0.940. The van der Waals surface area contributed by atoms with Gasteiger partial charge >= 0.3 is 0 Å². The Balaban J connectivity index is 2.90. The molecule has 0 amide bonds. The van der Waals surface area contributed by atoms with Crippen LogP contribution in [0.2, 0.25) is 0 Å². The van der Waals surface area contributed by atoms with E-state index in [0.717, 1.165) is 25.9 Å². The van der Waals surface area contributed by atoms with Gasteiger partial charge in [-0.2, -0.15) is 0 Å². The largest absolute Gasteiger partial charge is 0.316 e. The minimum absolute atomic E-state index is 1.03. The third-order valence-electron chi connectivity index (χ3n) is 1.62. The van der Waals surface area contributed by atoms with Gasteiger partial charge in [-0.05, 0) is 44.8 Å². The van der Waals surface area contributed by atoms with Crippen molar-refractivity contribution in [2.45, 2.75) is 25.7 Å². The molecule has 0 atom stereocenters. The van der Waals surface area contributed by atoms with Crippen molar-refractivity contribution >= 4 is 0 Å². The van der Waals surface area contributed by atoms with E-state index in [0.29, 0.717) is 0 Å². The van der Waals surface area contributed by atoms with Crippen molar-refractivity contribution in [1.29, 1.82) is 0 Å². The molecule has 0 saturated carbocycles. The van der Waals surface area contributed by atoms with E-state index in [1.165, 1.54) is 12.8 Å². The lowest BCUT2D eigenvalue weighted by molar-refractivity contribution is 0.631. The highest BCUT2D eigenvalue weighted by atomic mass is 14.8. The molecule has 0 aliphatic rings. The molecule has 1 N–H and O–H groups in total. The molecule has 0 saturated heterocycles. The van der Waals surface area contributed by atoms with E-state index >= 15 is 0 Å². The molecule has 0 aromatic heterocycles. The van der Waals surface area contributed by atoms with Gasteiger partial charge < -0.3 is 5.32 Å². The fourth-order valence-electron chi connectivity index (χ4n) is 0.940. The highest BCUT2D eigenvalue weighted by Gasteiger charge is 1.85. The van der Waals surface area contributed by atoms with Crippen molar-refractivity contribution in [2.75, 3.05) is 13.1 Å². The zero-order chi connectivity index (χ0) is 9.07. The van der Waals surface area contributed by atoms with Gasteiger partial charge in [0.1, 0.15) is 0 Å². The molecule has 0 aliphatic heterocycles. The SMILES string of the molecule is C=C=CCCNCCCCC=C. The lowest BCUT2D eigenvalue weighted by Gasteiger charge is -2.00. The average molecular weight is 165 g/mol. The molecular formula is C11H19N. The maximum absolute atomic E-state index is 3.68. The van der Waals surface area contributed by atoms with Crippen LogP contribution < -0.4 is 5.32 Å². The second-order valence-corrected chi connectivity index (χ2v) is 2.73. The molecule has 0 fully saturated rings. The van der Waals surface area contributed by atoms with Crippen LogP contribution in [0.4, 0.5) is 0 Å². The van der Waals surface area contributed by atoms with E-state index in [-0.39, 0.29) is 0 Å². The van der Waals surface area contributed by atoms with Crippen LogP contribution in [-0.2, 0) is 0 Å². The van der Waals surface area contributed by atoms with E-state index in [1.54, 1.807) is 0 Å². The van der Waals surface area contributed by atoms with Crippen LogP contribution in [0.1, 0.15) is 25.7 Å². The maximum atomic E-state index is 3.68. The molecule has 0 rings (SSSR count). The molecule has 0 aliphatic carbocycles. The van der Waals surface area contributed by atoms with E-state index in [4.69, 9.17) is 0 Å². The Hall–Kier alpha value is -0.780. The number of hydrogen-bond donors (Lipinski definition) is 1. The zero-order valence-electron chi connectivity index (χ0n) is 7.81. The summed E-state index contributed by atoms with van der Waals surface area (Å²) >= 11 is 0. The van der Waals surface area contributed by atoms with E-state index in [2.05, 4.69) is 24.2 Å². The first kappa shape index (κ1) is 11.2. The van der Waals surface area contributed by atoms with Crippen molar-refractivity contribution in [3.63, 3.8) is 0 Å². The lowest BCUT2D eigenvalue weighted by atomic mass is 10.2. The minimum Gasteiger partial charge on any atom is -0.316 e. The van der Waals surface area contributed by atoms with Crippen LogP contribution in [0.25, 0.3) is 0 Å². The minimum atomic E-state index is 1.03. The molecule has 0 spiro atoms. The summed E-state index contributed by atoms with van der Waals surface area (Å²) in [7, 11) is 0. The maximum Gasteiger partial charge on any atom is -0.000817 e. The van der Waals surface area contributed by atoms with Crippen molar-refractivity contribution in [3.05, 3.63) is 31.0 Å². The quantitative estimate of drug-likeness (QED) is 0.331. The first-order valence-electron chi connectivity index (χ1n) is 4.57. The third-order valence-corrected chi connectivity index (χ3v) is 1.62. The van der Waals surface area contributed by atoms with E-state index in [9.17, 15) is 0 Å². The van der Waals surface area contributed by atoms with Gasteiger partial charge in [0.25, 0.3) is 0 Å². The van der Waals surface area contributed by atoms with Crippen molar-refractivity contribution < 1.29 is 0 Å². The number of rotatable bonds is 8. The highest BCUT2D eigenvalue weighted by molar-refractivity contribution is 4.76. The van der Waals surface area contributed by atoms with Crippen molar-refractivity contribution in [3.8, 4) is 0 Å². The fraction of sp³-hybridized carbons (Fsp3) is 0.545. The van der Waals surface area contributed by atoms with Crippen molar-refractivity contribution in [2.24, 2.45) is 0 Å². The summed E-state index contributed by atoms with van der Waals surface area (Å²) in [6.07, 6.45) is 8.58. The Kier molecular flexibility index (Phi) is 9.56. The average Bonchev–Trinajstić information content (AvgIpc) is 2.10. The summed E-state index contributed by atoms with van der Waals surface area (Å²) in [5.41, 5.74) is 2.75. The molecule has 0 aromatic carbocycles. The van der Waals surface area contributed by atoms with Gasteiger partial charge in [0.05, 0.1) is 0 Å². The Morgan fingerprint density at radius 1 is 1.17 bits per heavy atom. The smallest absolute Gasteiger partial charge is 0.000817 e. The Bertz CT molecular complexity index is 143. The summed E-state index contributed by atoms with van der Waals surface area (Å²) in [5, 5.41) is 3.35. The summed E-state index contributed by atoms with van der Waals surface area (Å²) < 4.78 is 0. The van der Waals surface area contributed by atoms with Crippen LogP contribution in [0.15, 0.2) is 31.0 Å². The normalized spacial score (nSPS) is 9.00. The molecule has 0 unspecified atom stereocenters. The second kappa shape index (κ2) is 10.2. The topological polar surface area (TPSA) is 12.0 Å². The second-order valence-electron chi connectivity index (χ2n) is 2.73. The molecule has 0 heterocycles. The Morgan fingerprint density at radius 3 is 2.67 bits per heavy atom. The molecule has 0 bridgehead atoms. The Labute approximate surface area is 75.9 Å². The summed E-state index contributed by atoms with van der Waals surface area (Å²) in [6, 6.07) is 0. The highest BCUT2D eigenvalue weighted by Crippen LogP contribution is 1.93. The standard InChI is InChI=1S/C11H19N/c1-3-5-7-9-11-12-10-8-6-4-2/h3,6,12H,1-2,5,7-11H2. The van der Waals surface area contributed by atoms with Gasteiger partial charge in [0.15, 0.2) is 0 Å². The molecule has 0 aromatic rings. The van der Waals surface area contributed by atoms with Crippen molar-refractivity contribution in [1.82, 2.24) is 5.32 Å². The number of unbranched alkanes of at least 4 members (excludes halogenated alkanes) is 2. The van der Waals surface area contributed by atoms with Gasteiger partial charge in [0, 0.05) is 0 Å². The molecule has 1 nitrogen and oxygen atoms in total. The first-order valence-corrected chi connectivity index (χ1v) is 4.57. The van der Waals surface area contributed by atoms with Gasteiger partial charge in [-0.1, -0.05) is 12.7 Å². The predicted molar refractivity (Wildman–Crippen MR) is 55.2 cm³/mol. The monoisotopic (exact) mass is 165 g/mol. The Morgan fingerprint density at radius 2 is 2.00 bits per heavy atom. The van der Waals surface area contributed by atoms with E-state index < -0.39 is 0 Å². The van der Waals surface area contributed by atoms with E-state index in [1.807, 2.05) is 12.2 Å². The zero-order valence-corrected chi connectivity index (χ0v) is 7.81. The number of allylic oxidation sites excluding steroid dienone is 1. The van der Waals surface area contributed by atoms with Gasteiger partial charge in [-0.25, -0.2) is 0 Å². The van der Waals surface area contributed by atoms with Gasteiger partial charge in [0.2, 0.25) is 0 Å². The molecule has 12 heavy (non-hydrogen) atoms. The van der Waals surface area contributed by atoms with Crippen LogP contribution in [0.5, 0.6) is 0 Å². The predicted octanol–water partition coefficient (Wildman–Crippen LogP) is 2.66. The van der Waals surface area contributed by atoms with Crippen LogP contribution in [0, 0.1) is 0 Å². The molecule has 68 valence electrons. The molecule has 0 radical (unpaired) electrons. The van der Waals surface area contributed by atoms with Gasteiger partial charge in [-0.3, -0.25) is 0 Å². The number of nitrogens with one attached hydrogen (secondary N) is 1. The first-order chi connectivity index (χ1) is 5.91. The van der Waals surface area contributed by atoms with Crippen LogP contribution in [-0.4, -0.2) is 13.1 Å². The summed E-state index contributed by atoms with van der Waals surface area (Å²) in [6.45, 7) is 9.33. The van der Waals surface area contributed by atoms with Crippen LogP contribution >= 0.6 is 0 Å². The number of hydrogen-bond acceptors (Lipinski definition) is 1. The molecule has 1 heteroatoms. The van der Waals surface area contributed by atoms with Crippen LogP contribution in [0.3, 0.4) is 0 Å². The third kappa shape index (κ3) is 9.22. The summed E-state index contributed by atoms with van der Waals surface area (Å²) in [4.78, 5) is 0. The van der Waals surface area contributed by atoms with Gasteiger partial charge in [-0.15, -0.1) is 12.3 Å². The molecular weight excluding hydrogens is 146 g/mol. The lowest BCUT2D eigenvalue weighted by Crippen LogP contribution is -2.15. The summed E-state index contributed by atoms with van der Waals surface area (Å²) in [5.74, 6) is 0.